The zero-order valence-corrected chi connectivity index (χ0v) is 13.7. The molecule has 1 saturated heterocycles. The first-order chi connectivity index (χ1) is 8.74. The highest BCUT2D eigenvalue weighted by Crippen LogP contribution is 2.22. The molecule has 0 amide bonds. The van der Waals surface area contributed by atoms with E-state index in [0.29, 0.717) is 19.1 Å². The molecule has 0 aromatic heterocycles. The van der Waals surface area contributed by atoms with Crippen LogP contribution in [0, 0.1) is 5.41 Å². The second-order valence-corrected chi connectivity index (χ2v) is 8.87. The number of nitrogens with zero attached hydrogens (tertiary/aromatic N) is 1. The summed E-state index contributed by atoms with van der Waals surface area (Å²) in [5.74, 6) is 0.275. The summed E-state index contributed by atoms with van der Waals surface area (Å²) in [7, 11) is -3.08. The molecule has 1 heterocycles. The number of rotatable bonds is 6. The van der Waals surface area contributed by atoms with Crippen LogP contribution in [0.4, 0.5) is 0 Å². The Labute approximate surface area is 119 Å². The smallest absolute Gasteiger partial charge is 0.214 e. The van der Waals surface area contributed by atoms with Crippen LogP contribution in [-0.4, -0.2) is 44.2 Å². The van der Waals surface area contributed by atoms with Gasteiger partial charge in [-0.3, -0.25) is 0 Å². The molecule has 4 nitrogen and oxygen atoms in total. The third-order valence-electron chi connectivity index (χ3n) is 3.57. The molecule has 0 aromatic rings. The van der Waals surface area contributed by atoms with Gasteiger partial charge >= 0.3 is 0 Å². The Morgan fingerprint density at radius 2 is 2.00 bits per heavy atom. The molecule has 1 rings (SSSR count). The highest BCUT2D eigenvalue weighted by atomic mass is 32.2. The minimum absolute atomic E-state index is 0.0721. The molecule has 1 N–H and O–H groups in total. The molecule has 0 bridgehead atoms. The average Bonchev–Trinajstić information content (AvgIpc) is 2.34. The summed E-state index contributed by atoms with van der Waals surface area (Å²) in [6.07, 6.45) is 3.87. The highest BCUT2D eigenvalue weighted by Gasteiger charge is 2.29. The topological polar surface area (TPSA) is 49.4 Å². The molecule has 0 spiro atoms. The molecule has 1 atom stereocenters. The van der Waals surface area contributed by atoms with Crippen LogP contribution in [0.3, 0.4) is 0 Å². The maximum absolute atomic E-state index is 12.3. The van der Waals surface area contributed by atoms with Gasteiger partial charge in [0.15, 0.2) is 0 Å². The molecular formula is C14H30N2O2S. The van der Waals surface area contributed by atoms with Gasteiger partial charge in [0.25, 0.3) is 0 Å². The van der Waals surface area contributed by atoms with Crippen LogP contribution in [0.5, 0.6) is 0 Å². The van der Waals surface area contributed by atoms with E-state index in [1.165, 1.54) is 0 Å². The van der Waals surface area contributed by atoms with Gasteiger partial charge in [-0.05, 0) is 37.6 Å². The third kappa shape index (κ3) is 6.23. The van der Waals surface area contributed by atoms with Gasteiger partial charge in [0, 0.05) is 19.1 Å². The quantitative estimate of drug-likeness (QED) is 0.816. The van der Waals surface area contributed by atoms with Gasteiger partial charge in [-0.2, -0.15) is 0 Å². The lowest BCUT2D eigenvalue weighted by Gasteiger charge is -2.33. The summed E-state index contributed by atoms with van der Waals surface area (Å²) in [6, 6.07) is 0.332. The lowest BCUT2D eigenvalue weighted by atomic mass is 9.94. The Bertz CT molecular complexity index is 360. The van der Waals surface area contributed by atoms with Crippen molar-refractivity contribution < 1.29 is 8.42 Å². The van der Waals surface area contributed by atoms with E-state index < -0.39 is 10.0 Å². The summed E-state index contributed by atoms with van der Waals surface area (Å²) in [4.78, 5) is 0. The predicted octanol–water partition coefficient (Wildman–Crippen LogP) is 2.22. The summed E-state index contributed by atoms with van der Waals surface area (Å²) in [6.45, 7) is 10.7. The normalized spacial score (nSPS) is 22.6. The molecule has 0 saturated carbocycles. The maximum atomic E-state index is 12.3. The van der Waals surface area contributed by atoms with Gasteiger partial charge in [-0.15, -0.1) is 0 Å². The van der Waals surface area contributed by atoms with E-state index in [9.17, 15) is 8.42 Å². The molecule has 1 fully saturated rings. The Balaban J connectivity index is 2.53. The van der Waals surface area contributed by atoms with E-state index in [0.717, 1.165) is 32.2 Å². The summed E-state index contributed by atoms with van der Waals surface area (Å²) in [5.41, 5.74) is 0.0721. The van der Waals surface area contributed by atoms with Crippen LogP contribution in [0.15, 0.2) is 0 Å². The standard InChI is InChI=1S/C14H30N2O2S/c1-5-9-15-13-7-6-10-16(12-13)19(17,18)11-8-14(2,3)4/h13,15H,5-12H2,1-4H3. The molecule has 0 radical (unpaired) electrons. The fourth-order valence-corrected chi connectivity index (χ4v) is 4.22. The van der Waals surface area contributed by atoms with E-state index in [1.54, 1.807) is 4.31 Å². The zero-order chi connectivity index (χ0) is 14.5. The Morgan fingerprint density at radius 1 is 1.32 bits per heavy atom. The Hall–Kier alpha value is -0.130. The van der Waals surface area contributed by atoms with E-state index in [4.69, 9.17) is 0 Å². The van der Waals surface area contributed by atoms with Crippen molar-refractivity contribution in [1.82, 2.24) is 9.62 Å². The Kier molecular flexibility index (Phi) is 6.27. The number of hydrogen-bond acceptors (Lipinski definition) is 3. The van der Waals surface area contributed by atoms with E-state index in [1.807, 2.05) is 0 Å². The number of nitrogens with one attached hydrogen (secondary N) is 1. The van der Waals surface area contributed by atoms with E-state index in [-0.39, 0.29) is 11.2 Å². The summed E-state index contributed by atoms with van der Waals surface area (Å²) < 4.78 is 26.4. The van der Waals surface area contributed by atoms with Gasteiger partial charge in [0.1, 0.15) is 0 Å². The molecular weight excluding hydrogens is 260 g/mol. The minimum atomic E-state index is -3.08. The van der Waals surface area contributed by atoms with Crippen molar-refractivity contribution in [3.05, 3.63) is 0 Å². The number of hydrogen-bond donors (Lipinski definition) is 1. The van der Waals surface area contributed by atoms with Gasteiger partial charge in [0.05, 0.1) is 5.75 Å². The first-order valence-corrected chi connectivity index (χ1v) is 9.07. The first kappa shape index (κ1) is 16.9. The van der Waals surface area contributed by atoms with Gasteiger partial charge < -0.3 is 5.32 Å². The fraction of sp³-hybridized carbons (Fsp3) is 1.00. The van der Waals surface area contributed by atoms with E-state index in [2.05, 4.69) is 33.0 Å². The molecule has 1 aliphatic heterocycles. The van der Waals surface area contributed by atoms with Crippen molar-refractivity contribution in [2.75, 3.05) is 25.4 Å². The molecule has 0 aromatic carbocycles. The minimum Gasteiger partial charge on any atom is -0.313 e. The van der Waals surface area contributed by atoms with Gasteiger partial charge in [0.2, 0.25) is 10.0 Å². The second kappa shape index (κ2) is 7.04. The second-order valence-electron chi connectivity index (χ2n) is 6.78. The lowest BCUT2D eigenvalue weighted by molar-refractivity contribution is 0.281. The number of piperidine rings is 1. The van der Waals surface area contributed by atoms with Crippen LogP contribution in [-0.2, 0) is 10.0 Å². The molecule has 0 aliphatic carbocycles. The molecule has 114 valence electrons. The molecule has 19 heavy (non-hydrogen) atoms. The van der Waals surface area contributed by atoms with Crippen LogP contribution in [0.1, 0.15) is 53.4 Å². The Morgan fingerprint density at radius 3 is 2.58 bits per heavy atom. The molecule has 5 heteroatoms. The van der Waals surface area contributed by atoms with Crippen molar-refractivity contribution in [1.29, 1.82) is 0 Å². The van der Waals surface area contributed by atoms with Gasteiger partial charge in [-0.1, -0.05) is 27.7 Å². The van der Waals surface area contributed by atoms with E-state index >= 15 is 0 Å². The van der Waals surface area contributed by atoms with Crippen molar-refractivity contribution >= 4 is 10.0 Å². The van der Waals surface area contributed by atoms with Crippen molar-refractivity contribution in [2.24, 2.45) is 5.41 Å². The summed E-state index contributed by atoms with van der Waals surface area (Å²) in [5, 5.41) is 3.44. The van der Waals surface area contributed by atoms with Crippen LogP contribution in [0.25, 0.3) is 0 Å². The summed E-state index contributed by atoms with van der Waals surface area (Å²) >= 11 is 0. The van der Waals surface area contributed by atoms with Crippen molar-refractivity contribution in [3.8, 4) is 0 Å². The largest absolute Gasteiger partial charge is 0.313 e. The monoisotopic (exact) mass is 290 g/mol. The SMILES string of the molecule is CCCNC1CCCN(S(=O)(=O)CCC(C)(C)C)C1. The predicted molar refractivity (Wildman–Crippen MR) is 80.7 cm³/mol. The maximum Gasteiger partial charge on any atom is 0.214 e. The van der Waals surface area contributed by atoms with Crippen LogP contribution < -0.4 is 5.32 Å². The highest BCUT2D eigenvalue weighted by molar-refractivity contribution is 7.89. The lowest BCUT2D eigenvalue weighted by Crippen LogP contribution is -2.48. The molecule has 1 aliphatic rings. The van der Waals surface area contributed by atoms with Crippen molar-refractivity contribution in [2.45, 2.75) is 59.4 Å². The molecule has 1 unspecified atom stereocenters. The van der Waals surface area contributed by atoms with Crippen LogP contribution in [0.2, 0.25) is 0 Å². The third-order valence-corrected chi connectivity index (χ3v) is 5.41. The van der Waals surface area contributed by atoms with Crippen LogP contribution >= 0.6 is 0 Å². The average molecular weight is 290 g/mol. The zero-order valence-electron chi connectivity index (χ0n) is 12.9. The van der Waals surface area contributed by atoms with Gasteiger partial charge in [-0.25, -0.2) is 12.7 Å². The fourth-order valence-electron chi connectivity index (χ4n) is 2.27. The van der Waals surface area contributed by atoms with Crippen molar-refractivity contribution in [3.63, 3.8) is 0 Å². The number of sulfonamides is 1. The first-order valence-electron chi connectivity index (χ1n) is 7.46.